The fourth-order valence-corrected chi connectivity index (χ4v) is 2.02. The van der Waals surface area contributed by atoms with Gasteiger partial charge in [-0.1, -0.05) is 23.3 Å². The lowest BCUT2D eigenvalue weighted by Crippen LogP contribution is -2.05. The molecule has 9 nitrogen and oxygen atoms in total. The molecule has 110 valence electrons. The molecule has 0 atom stereocenters. The molecule has 0 aliphatic rings. The van der Waals surface area contributed by atoms with Crippen LogP contribution in [0.5, 0.6) is 0 Å². The Balaban J connectivity index is 0.000000154. The summed E-state index contributed by atoms with van der Waals surface area (Å²) in [6, 6.07) is 4.85. The first kappa shape index (κ1) is 14.8. The molecule has 0 unspecified atom stereocenters. The molecule has 0 fully saturated rings. The van der Waals surface area contributed by atoms with Gasteiger partial charge in [-0.3, -0.25) is 0 Å². The van der Waals surface area contributed by atoms with Crippen molar-refractivity contribution in [2.24, 2.45) is 0 Å². The molecule has 0 aliphatic carbocycles. The van der Waals surface area contributed by atoms with Gasteiger partial charge in [0.05, 0.1) is 5.75 Å². The number of hydrogen-bond donors (Lipinski definition) is 0. The second-order valence-corrected chi connectivity index (χ2v) is 5.81. The van der Waals surface area contributed by atoms with Crippen LogP contribution in [0.15, 0.2) is 51.3 Å². The molecular weight excluding hydrogens is 298 g/mol. The standard InChI is InChI=1S/C7H9NO2S.C4H2N4O2/c1-2-11(9,10)7-5-3-4-6-8-7;1-5-3(7-9-1)4-6-2-10-8-4/h3-6H,2H2,1H3;1-2H. The first-order chi connectivity index (χ1) is 10.1. The van der Waals surface area contributed by atoms with Crippen LogP contribution in [0.2, 0.25) is 0 Å². The Kier molecular flexibility index (Phi) is 4.72. The Morgan fingerprint density at radius 1 is 1.00 bits per heavy atom. The van der Waals surface area contributed by atoms with E-state index in [0.717, 1.165) is 0 Å². The second kappa shape index (κ2) is 6.70. The van der Waals surface area contributed by atoms with Gasteiger partial charge in [0.2, 0.25) is 24.4 Å². The molecule has 0 aromatic carbocycles. The van der Waals surface area contributed by atoms with E-state index in [2.05, 4.69) is 34.3 Å². The van der Waals surface area contributed by atoms with Crippen molar-refractivity contribution in [2.45, 2.75) is 11.9 Å². The van der Waals surface area contributed by atoms with Crippen LogP contribution in [0.25, 0.3) is 11.6 Å². The molecule has 0 saturated heterocycles. The summed E-state index contributed by atoms with van der Waals surface area (Å²) in [6.07, 6.45) is 3.87. The molecular formula is C11H11N5O4S. The summed E-state index contributed by atoms with van der Waals surface area (Å²) in [6.45, 7) is 1.60. The van der Waals surface area contributed by atoms with Gasteiger partial charge in [0, 0.05) is 6.20 Å². The Bertz CT molecular complexity index is 709. The van der Waals surface area contributed by atoms with Crippen LogP contribution in [0, 0.1) is 0 Å². The fraction of sp³-hybridized carbons (Fsp3) is 0.182. The second-order valence-electron chi connectivity index (χ2n) is 3.58. The van der Waals surface area contributed by atoms with Crippen molar-refractivity contribution in [1.82, 2.24) is 25.3 Å². The normalized spacial score (nSPS) is 10.7. The van der Waals surface area contributed by atoms with Crippen LogP contribution in [0.4, 0.5) is 0 Å². The van der Waals surface area contributed by atoms with Crippen LogP contribution in [-0.4, -0.2) is 39.4 Å². The molecule has 3 aromatic heterocycles. The molecule has 0 spiro atoms. The van der Waals surface area contributed by atoms with Gasteiger partial charge in [0.15, 0.2) is 14.9 Å². The topological polar surface area (TPSA) is 125 Å². The van der Waals surface area contributed by atoms with Crippen LogP contribution in [0.3, 0.4) is 0 Å². The van der Waals surface area contributed by atoms with Crippen molar-refractivity contribution in [3.8, 4) is 11.6 Å². The maximum atomic E-state index is 11.1. The van der Waals surface area contributed by atoms with E-state index in [9.17, 15) is 8.42 Å². The van der Waals surface area contributed by atoms with Crippen molar-refractivity contribution in [3.05, 3.63) is 37.2 Å². The highest BCUT2D eigenvalue weighted by Gasteiger charge is 2.10. The van der Waals surface area contributed by atoms with Gasteiger partial charge in [-0.15, -0.1) is 0 Å². The quantitative estimate of drug-likeness (QED) is 0.696. The third-order valence-corrected chi connectivity index (χ3v) is 3.90. The predicted octanol–water partition coefficient (Wildman–Crippen LogP) is 0.995. The molecule has 0 N–H and O–H groups in total. The number of pyridine rings is 1. The van der Waals surface area contributed by atoms with Gasteiger partial charge < -0.3 is 9.05 Å². The molecule has 0 amide bonds. The maximum Gasteiger partial charge on any atom is 0.243 e. The molecule has 3 rings (SSSR count). The molecule has 0 bridgehead atoms. The van der Waals surface area contributed by atoms with E-state index in [-0.39, 0.29) is 10.8 Å². The third-order valence-electron chi connectivity index (χ3n) is 2.26. The molecule has 0 radical (unpaired) electrons. The molecule has 10 heteroatoms. The number of rotatable bonds is 3. The summed E-state index contributed by atoms with van der Waals surface area (Å²) >= 11 is 0. The minimum Gasteiger partial charge on any atom is -0.342 e. The van der Waals surface area contributed by atoms with Crippen LogP contribution >= 0.6 is 0 Å². The van der Waals surface area contributed by atoms with Crippen molar-refractivity contribution >= 4 is 9.84 Å². The average Bonchev–Trinajstić information content (AvgIpc) is 3.21. The monoisotopic (exact) mass is 309 g/mol. The third kappa shape index (κ3) is 3.92. The zero-order valence-corrected chi connectivity index (χ0v) is 11.8. The highest BCUT2D eigenvalue weighted by Crippen LogP contribution is 2.05. The Hall–Kier alpha value is -2.62. The van der Waals surface area contributed by atoms with Crippen molar-refractivity contribution < 1.29 is 17.5 Å². The molecule has 3 aromatic rings. The number of sulfone groups is 1. The Morgan fingerprint density at radius 3 is 2.00 bits per heavy atom. The highest BCUT2D eigenvalue weighted by atomic mass is 32.2. The first-order valence-electron chi connectivity index (χ1n) is 5.80. The average molecular weight is 309 g/mol. The van der Waals surface area contributed by atoms with E-state index in [4.69, 9.17) is 0 Å². The van der Waals surface area contributed by atoms with Crippen LogP contribution < -0.4 is 0 Å². The van der Waals surface area contributed by atoms with Crippen LogP contribution in [0.1, 0.15) is 6.92 Å². The van der Waals surface area contributed by atoms with E-state index in [0.29, 0.717) is 11.6 Å². The fourth-order valence-electron chi connectivity index (χ4n) is 1.22. The van der Waals surface area contributed by atoms with Gasteiger partial charge in [0.1, 0.15) is 0 Å². The van der Waals surface area contributed by atoms with Crippen molar-refractivity contribution in [2.75, 3.05) is 5.75 Å². The van der Waals surface area contributed by atoms with Gasteiger partial charge in [-0.05, 0) is 12.1 Å². The van der Waals surface area contributed by atoms with Gasteiger partial charge in [-0.2, -0.15) is 9.97 Å². The minimum atomic E-state index is -3.11. The summed E-state index contributed by atoms with van der Waals surface area (Å²) < 4.78 is 31.2. The van der Waals surface area contributed by atoms with E-state index >= 15 is 0 Å². The summed E-state index contributed by atoms with van der Waals surface area (Å²) in [5.41, 5.74) is 0. The van der Waals surface area contributed by atoms with Gasteiger partial charge in [-0.25, -0.2) is 13.4 Å². The van der Waals surface area contributed by atoms with E-state index in [1.54, 1.807) is 19.1 Å². The van der Waals surface area contributed by atoms with Gasteiger partial charge >= 0.3 is 0 Å². The summed E-state index contributed by atoms with van der Waals surface area (Å²) in [4.78, 5) is 11.1. The summed E-state index contributed by atoms with van der Waals surface area (Å²) in [5, 5.41) is 7.13. The van der Waals surface area contributed by atoms with E-state index in [1.165, 1.54) is 25.1 Å². The van der Waals surface area contributed by atoms with Gasteiger partial charge in [0.25, 0.3) is 0 Å². The largest absolute Gasteiger partial charge is 0.342 e. The first-order valence-corrected chi connectivity index (χ1v) is 7.45. The molecule has 21 heavy (non-hydrogen) atoms. The van der Waals surface area contributed by atoms with Crippen LogP contribution in [-0.2, 0) is 9.84 Å². The van der Waals surface area contributed by atoms with E-state index < -0.39 is 9.84 Å². The van der Waals surface area contributed by atoms with E-state index in [1.807, 2.05) is 0 Å². The lowest BCUT2D eigenvalue weighted by molar-refractivity contribution is 0.411. The Morgan fingerprint density at radius 2 is 1.62 bits per heavy atom. The van der Waals surface area contributed by atoms with Crippen molar-refractivity contribution in [1.29, 1.82) is 0 Å². The molecule has 3 heterocycles. The summed E-state index contributed by atoms with van der Waals surface area (Å²) in [7, 11) is -3.11. The Labute approximate surface area is 119 Å². The zero-order chi connectivity index (χ0) is 15.1. The molecule has 0 aliphatic heterocycles. The SMILES string of the molecule is CCS(=O)(=O)c1ccccn1.c1nc(-c2ncon2)no1. The lowest BCUT2D eigenvalue weighted by Gasteiger charge is -1.96. The maximum absolute atomic E-state index is 11.1. The van der Waals surface area contributed by atoms with Crippen molar-refractivity contribution in [3.63, 3.8) is 0 Å². The predicted molar refractivity (Wildman–Crippen MR) is 69.6 cm³/mol. The number of aromatic nitrogens is 5. The zero-order valence-electron chi connectivity index (χ0n) is 10.9. The minimum absolute atomic E-state index is 0.101. The number of hydrogen-bond acceptors (Lipinski definition) is 9. The highest BCUT2D eigenvalue weighted by molar-refractivity contribution is 7.91. The molecule has 0 saturated carbocycles. The lowest BCUT2D eigenvalue weighted by atomic mass is 10.5. The smallest absolute Gasteiger partial charge is 0.243 e. The number of nitrogens with zero attached hydrogens (tertiary/aromatic N) is 5. The summed E-state index contributed by atoms with van der Waals surface area (Å²) in [5.74, 6) is 0.756.